The highest BCUT2D eigenvalue weighted by Gasteiger charge is 2.53. The molecular weight excluding hydrogens is 570 g/mol. The van der Waals surface area contributed by atoms with Crippen molar-refractivity contribution in [2.24, 2.45) is 0 Å². The zero-order valence-electron chi connectivity index (χ0n) is 24.7. The Morgan fingerprint density at radius 1 is 1.14 bits per heavy atom. The molecule has 3 aromatic rings. The molecule has 10 nitrogen and oxygen atoms in total. The Labute approximate surface area is 246 Å². The van der Waals surface area contributed by atoms with Gasteiger partial charge in [-0.05, 0) is 59.2 Å². The summed E-state index contributed by atoms with van der Waals surface area (Å²) in [6.45, 7) is 7.03. The van der Waals surface area contributed by atoms with E-state index in [1.807, 2.05) is 38.1 Å². The number of ether oxygens (including phenoxy) is 2. The number of carbonyl (C=O) groups excluding carboxylic acids is 1. The third kappa shape index (κ3) is 6.53. The molecular formula is C29H35F4N7O3. The van der Waals surface area contributed by atoms with Gasteiger partial charge in [-0.2, -0.15) is 13.2 Å². The van der Waals surface area contributed by atoms with E-state index in [2.05, 4.69) is 15.5 Å². The van der Waals surface area contributed by atoms with Gasteiger partial charge in [0.05, 0.1) is 18.3 Å². The van der Waals surface area contributed by atoms with Gasteiger partial charge in [0.25, 0.3) is 0 Å². The second kappa shape index (κ2) is 11.3. The quantitative estimate of drug-likeness (QED) is 0.360. The molecule has 2 atom stereocenters. The fraction of sp³-hybridized carbons (Fsp3) is 0.517. The van der Waals surface area contributed by atoms with Gasteiger partial charge in [0.2, 0.25) is 0 Å². The molecule has 0 spiro atoms. The fourth-order valence-electron chi connectivity index (χ4n) is 5.38. The number of hydrogen-bond acceptors (Lipinski definition) is 8. The number of aromatic nitrogens is 4. The van der Waals surface area contributed by atoms with Crippen molar-refractivity contribution in [3.8, 4) is 17.3 Å². The standard InChI is InChI=1S/C29H35F4N7O3/c1-18(2)42-21-8-6-7-19-9-10-20(34-23(19)21)24-37-36-22-11-13-39(17-40(22)24)25(29(31,32)33)38-14-12-28(15-30,16-38)35-26(41)43-27(3,4)5/h6-11,13,18,25H,12,14-17H2,1-5H3,(H,35,41)/t25-,28?/m1/s1. The normalized spacial score (nSPS) is 20.0. The van der Waals surface area contributed by atoms with E-state index in [1.54, 1.807) is 31.4 Å². The number of para-hydroxylation sites is 1. The Morgan fingerprint density at radius 3 is 2.58 bits per heavy atom. The number of hydrogen-bond donors (Lipinski definition) is 1. The topological polar surface area (TPSA) is 97.6 Å². The van der Waals surface area contributed by atoms with Crippen molar-refractivity contribution < 1.29 is 31.8 Å². The van der Waals surface area contributed by atoms with Crippen LogP contribution in [0.4, 0.5) is 22.4 Å². The minimum Gasteiger partial charge on any atom is -0.489 e. The van der Waals surface area contributed by atoms with Gasteiger partial charge in [-0.25, -0.2) is 14.2 Å². The van der Waals surface area contributed by atoms with Crippen LogP contribution < -0.4 is 10.1 Å². The third-order valence-corrected chi connectivity index (χ3v) is 7.13. The van der Waals surface area contributed by atoms with E-state index in [4.69, 9.17) is 14.5 Å². The van der Waals surface area contributed by atoms with Crippen LogP contribution in [0.5, 0.6) is 5.75 Å². The van der Waals surface area contributed by atoms with Crippen molar-refractivity contribution in [3.63, 3.8) is 0 Å². The predicted octanol–water partition coefficient (Wildman–Crippen LogP) is 5.35. The van der Waals surface area contributed by atoms with E-state index < -0.39 is 36.2 Å². The molecule has 232 valence electrons. The van der Waals surface area contributed by atoms with Crippen LogP contribution in [-0.4, -0.2) is 85.0 Å². The van der Waals surface area contributed by atoms with Crippen LogP contribution in [0, 0.1) is 0 Å². The molecule has 1 amide bonds. The zero-order valence-corrected chi connectivity index (χ0v) is 24.7. The number of pyridine rings is 1. The second-order valence-corrected chi connectivity index (χ2v) is 12.1. The molecule has 2 aliphatic heterocycles. The summed E-state index contributed by atoms with van der Waals surface area (Å²) in [7, 11) is 0. The number of nitrogens with one attached hydrogen (secondary N) is 1. The Bertz CT molecular complexity index is 1520. The van der Waals surface area contributed by atoms with Crippen LogP contribution in [0.2, 0.25) is 0 Å². The lowest BCUT2D eigenvalue weighted by Gasteiger charge is -2.40. The van der Waals surface area contributed by atoms with Gasteiger partial charge in [-0.15, -0.1) is 10.2 Å². The molecule has 0 bridgehead atoms. The van der Waals surface area contributed by atoms with Crippen LogP contribution in [0.3, 0.4) is 0 Å². The van der Waals surface area contributed by atoms with Crippen LogP contribution in [0.1, 0.15) is 46.9 Å². The van der Waals surface area contributed by atoms with Gasteiger partial charge >= 0.3 is 12.3 Å². The smallest absolute Gasteiger partial charge is 0.422 e. The van der Waals surface area contributed by atoms with Gasteiger partial charge in [0, 0.05) is 24.7 Å². The first kappa shape index (κ1) is 30.5. The number of rotatable bonds is 7. The summed E-state index contributed by atoms with van der Waals surface area (Å²) in [6.07, 6.45) is -5.03. The molecule has 5 rings (SSSR count). The number of halogens is 4. The molecule has 1 saturated heterocycles. The Balaban J connectivity index is 1.41. The lowest BCUT2D eigenvalue weighted by molar-refractivity contribution is -0.220. The highest BCUT2D eigenvalue weighted by molar-refractivity contribution is 5.86. The number of nitrogens with zero attached hydrogens (tertiary/aromatic N) is 6. The summed E-state index contributed by atoms with van der Waals surface area (Å²) >= 11 is 0. The fourth-order valence-corrected chi connectivity index (χ4v) is 5.38. The SMILES string of the molecule is CC(C)Oc1cccc2ccc(-c3nnc4n3CN([C@@H](N3CCC(CF)(NC(=O)OC(C)(C)C)C3)C(F)(F)F)C=C4)nc12. The molecule has 43 heavy (non-hydrogen) atoms. The van der Waals surface area contributed by atoms with Gasteiger partial charge < -0.3 is 19.7 Å². The van der Waals surface area contributed by atoms with Gasteiger partial charge in [-0.1, -0.05) is 18.2 Å². The second-order valence-electron chi connectivity index (χ2n) is 12.1. The van der Waals surface area contributed by atoms with Crippen molar-refractivity contribution in [1.82, 2.24) is 34.9 Å². The first-order valence-corrected chi connectivity index (χ1v) is 14.0. The molecule has 1 unspecified atom stereocenters. The summed E-state index contributed by atoms with van der Waals surface area (Å²) < 4.78 is 71.0. The molecule has 1 N–H and O–H groups in total. The molecule has 14 heteroatoms. The average Bonchev–Trinajstić information content (AvgIpc) is 3.51. The largest absolute Gasteiger partial charge is 0.489 e. The lowest BCUT2D eigenvalue weighted by atomic mass is 10.0. The molecule has 1 aromatic carbocycles. The Hall–Kier alpha value is -3.94. The number of benzene rings is 1. The summed E-state index contributed by atoms with van der Waals surface area (Å²) in [6, 6.07) is 9.14. The van der Waals surface area contributed by atoms with Crippen molar-refractivity contribution in [2.75, 3.05) is 19.8 Å². The number of alkyl halides is 4. The van der Waals surface area contributed by atoms with Crippen LogP contribution in [0.15, 0.2) is 36.5 Å². The Kier molecular flexibility index (Phi) is 8.01. The molecule has 4 heterocycles. The van der Waals surface area contributed by atoms with E-state index in [-0.39, 0.29) is 38.1 Å². The molecule has 1 fully saturated rings. The van der Waals surface area contributed by atoms with Crippen molar-refractivity contribution in [2.45, 2.75) is 77.3 Å². The van der Waals surface area contributed by atoms with Crippen LogP contribution >= 0.6 is 0 Å². The maximum absolute atomic E-state index is 14.7. The van der Waals surface area contributed by atoms with Crippen molar-refractivity contribution in [3.05, 3.63) is 42.4 Å². The average molecular weight is 606 g/mol. The van der Waals surface area contributed by atoms with Crippen molar-refractivity contribution in [1.29, 1.82) is 0 Å². The predicted molar refractivity (Wildman–Crippen MR) is 152 cm³/mol. The zero-order chi connectivity index (χ0) is 31.2. The summed E-state index contributed by atoms with van der Waals surface area (Å²) in [5.74, 6) is 1.24. The summed E-state index contributed by atoms with van der Waals surface area (Å²) in [5.41, 5.74) is -1.34. The van der Waals surface area contributed by atoms with Crippen LogP contribution in [0.25, 0.3) is 28.5 Å². The molecule has 0 radical (unpaired) electrons. The minimum absolute atomic E-state index is 0.0161. The highest BCUT2D eigenvalue weighted by atomic mass is 19.4. The maximum atomic E-state index is 14.7. The molecule has 0 saturated carbocycles. The maximum Gasteiger partial charge on any atom is 0.422 e. The number of fused-ring (bicyclic) bond motifs is 2. The number of alkyl carbamates (subject to hydrolysis) is 1. The van der Waals surface area contributed by atoms with Gasteiger partial charge in [0.15, 0.2) is 17.8 Å². The highest BCUT2D eigenvalue weighted by Crippen LogP contribution is 2.36. The third-order valence-electron chi connectivity index (χ3n) is 7.13. The van der Waals surface area contributed by atoms with E-state index in [0.29, 0.717) is 22.8 Å². The minimum atomic E-state index is -4.71. The first-order valence-electron chi connectivity index (χ1n) is 14.0. The van der Waals surface area contributed by atoms with Gasteiger partial charge in [0.1, 0.15) is 29.2 Å². The van der Waals surface area contributed by atoms with Crippen molar-refractivity contribution >= 4 is 23.1 Å². The molecule has 2 aliphatic rings. The van der Waals surface area contributed by atoms with E-state index in [0.717, 1.165) is 15.2 Å². The number of amides is 1. The number of carbonyl (C=O) groups is 1. The molecule has 2 aromatic heterocycles. The summed E-state index contributed by atoms with van der Waals surface area (Å²) in [5, 5.41) is 11.7. The monoisotopic (exact) mass is 605 g/mol. The summed E-state index contributed by atoms with van der Waals surface area (Å²) in [4.78, 5) is 19.4. The Morgan fingerprint density at radius 2 is 1.91 bits per heavy atom. The number of likely N-dealkylation sites (tertiary alicyclic amines) is 1. The van der Waals surface area contributed by atoms with E-state index in [9.17, 15) is 22.4 Å². The molecule has 0 aliphatic carbocycles. The van der Waals surface area contributed by atoms with Crippen LogP contribution in [-0.2, 0) is 11.4 Å². The van der Waals surface area contributed by atoms with E-state index >= 15 is 0 Å². The first-order chi connectivity index (χ1) is 20.2. The van der Waals surface area contributed by atoms with Gasteiger partial charge in [-0.3, -0.25) is 9.47 Å². The van der Waals surface area contributed by atoms with E-state index in [1.165, 1.54) is 12.3 Å². The lowest BCUT2D eigenvalue weighted by Crippen LogP contribution is -2.58.